The maximum atomic E-state index is 5.72. The van der Waals surface area contributed by atoms with Crippen molar-refractivity contribution in [2.75, 3.05) is 0 Å². The van der Waals surface area contributed by atoms with Crippen LogP contribution in [0.4, 0.5) is 0 Å². The van der Waals surface area contributed by atoms with Crippen molar-refractivity contribution in [3.05, 3.63) is 35.1 Å². The summed E-state index contributed by atoms with van der Waals surface area (Å²) in [7, 11) is 1.83. The van der Waals surface area contributed by atoms with Gasteiger partial charge in [0.1, 0.15) is 0 Å². The fourth-order valence-electron chi connectivity index (χ4n) is 1.27. The lowest BCUT2D eigenvalue weighted by atomic mass is 9.95. The molecule has 2 unspecified atom stereocenters. The highest BCUT2D eigenvalue weighted by Crippen LogP contribution is 2.21. The second kappa shape index (κ2) is 6.60. The zero-order valence-electron chi connectivity index (χ0n) is 9.55. The third-order valence-corrected chi connectivity index (χ3v) is 2.89. The molecule has 2 rings (SSSR count). The maximum Gasteiger partial charge on any atom is 0.0692 e. The van der Waals surface area contributed by atoms with E-state index in [4.69, 9.17) is 5.73 Å². The van der Waals surface area contributed by atoms with Gasteiger partial charge in [-0.2, -0.15) is 0 Å². The van der Waals surface area contributed by atoms with Crippen molar-refractivity contribution in [1.29, 1.82) is 0 Å². The summed E-state index contributed by atoms with van der Waals surface area (Å²) < 4.78 is 2.81. The molecular weight excluding hydrogens is 268 g/mol. The quantitative estimate of drug-likeness (QED) is 0.858. The molecule has 1 aromatic rings. The molecule has 88 valence electrons. The number of hydrogen-bond acceptors (Lipinski definition) is 3. The molecule has 16 heavy (non-hydrogen) atoms. The monoisotopic (exact) mass is 284 g/mol. The first-order valence-electron chi connectivity index (χ1n) is 5.19. The second-order valence-electron chi connectivity index (χ2n) is 3.78. The number of nitrogens with two attached hydrogens (primary N) is 1. The Morgan fingerprint density at radius 1 is 1.62 bits per heavy atom. The molecule has 1 aromatic heterocycles. The smallest absolute Gasteiger partial charge is 0.0692 e. The first-order chi connectivity index (χ1) is 7.59. The third kappa shape index (κ3) is 4.72. The van der Waals surface area contributed by atoms with Crippen LogP contribution in [0.25, 0.3) is 0 Å². The predicted molar refractivity (Wildman–Crippen MR) is 68.9 cm³/mol. The molecule has 0 saturated heterocycles. The molecule has 0 aliphatic heterocycles. The van der Waals surface area contributed by atoms with Gasteiger partial charge in [0.2, 0.25) is 0 Å². The number of aromatic nitrogens is 3. The van der Waals surface area contributed by atoms with Crippen LogP contribution in [0.15, 0.2) is 35.1 Å². The van der Waals surface area contributed by atoms with Crippen LogP contribution in [0, 0.1) is 5.92 Å². The number of hydrogen-bond donors (Lipinski definition) is 1. The van der Waals surface area contributed by atoms with Crippen LogP contribution >= 0.6 is 15.9 Å². The lowest BCUT2D eigenvalue weighted by molar-refractivity contribution is 0.538. The summed E-state index contributed by atoms with van der Waals surface area (Å²) in [6.07, 6.45) is 10.9. The molecule has 1 heterocycles. The lowest BCUT2D eigenvalue weighted by Gasteiger charge is -2.17. The minimum absolute atomic E-state index is 0.271. The molecule has 0 fully saturated rings. The van der Waals surface area contributed by atoms with E-state index in [-0.39, 0.29) is 6.04 Å². The highest BCUT2D eigenvalue weighted by atomic mass is 79.9. The minimum Gasteiger partial charge on any atom is -0.327 e. The Labute approximate surface area is 104 Å². The van der Waals surface area contributed by atoms with Crippen molar-refractivity contribution in [1.82, 2.24) is 15.0 Å². The molecule has 4 nitrogen and oxygen atoms in total. The van der Waals surface area contributed by atoms with E-state index in [0.717, 1.165) is 6.42 Å². The zero-order valence-corrected chi connectivity index (χ0v) is 11.1. The summed E-state index contributed by atoms with van der Waals surface area (Å²) in [5, 5.41) is 7.12. The summed E-state index contributed by atoms with van der Waals surface area (Å²) in [4.78, 5) is 0. The average Bonchev–Trinajstić information content (AvgIpc) is 2.71. The summed E-state index contributed by atoms with van der Waals surface area (Å²) in [5.74, 6) is 0.529. The Morgan fingerprint density at radius 2 is 2.38 bits per heavy atom. The molecule has 2 N–H and O–H groups in total. The van der Waals surface area contributed by atoms with Gasteiger partial charge >= 0.3 is 0 Å². The molecule has 1 aliphatic rings. The van der Waals surface area contributed by atoms with E-state index in [2.05, 4.69) is 44.5 Å². The molecule has 0 saturated carbocycles. The van der Waals surface area contributed by atoms with Gasteiger partial charge in [0.15, 0.2) is 0 Å². The Kier molecular flexibility index (Phi) is 5.42. The van der Waals surface area contributed by atoms with Crippen LogP contribution in [-0.4, -0.2) is 21.0 Å². The largest absolute Gasteiger partial charge is 0.327 e. The van der Waals surface area contributed by atoms with Crippen molar-refractivity contribution in [3.63, 3.8) is 0 Å². The SMILES string of the molecule is CC(N)C1C=CC(Br)=CC1.Cn1ccnn1. The molecule has 0 spiro atoms. The molecule has 5 heteroatoms. The molecule has 2 atom stereocenters. The number of allylic oxidation sites excluding steroid dienone is 3. The first-order valence-corrected chi connectivity index (χ1v) is 5.98. The van der Waals surface area contributed by atoms with Gasteiger partial charge in [0.25, 0.3) is 0 Å². The van der Waals surface area contributed by atoms with Crippen LogP contribution < -0.4 is 5.73 Å². The summed E-state index contributed by atoms with van der Waals surface area (Å²) in [5.41, 5.74) is 5.72. The van der Waals surface area contributed by atoms with Crippen molar-refractivity contribution in [3.8, 4) is 0 Å². The third-order valence-electron chi connectivity index (χ3n) is 2.30. The number of aryl methyl sites for hydroxylation is 1. The summed E-state index contributed by atoms with van der Waals surface area (Å²) in [6.45, 7) is 2.04. The second-order valence-corrected chi connectivity index (χ2v) is 4.70. The summed E-state index contributed by atoms with van der Waals surface area (Å²) in [6, 6.07) is 0.271. The maximum absolute atomic E-state index is 5.72. The van der Waals surface area contributed by atoms with E-state index < -0.39 is 0 Å². The standard InChI is InChI=1S/C8H12BrN.C3H5N3/c1-6(10)7-2-4-8(9)5-3-7;1-6-3-2-4-5-6/h2,4-7H,3,10H2,1H3;2-3H,1H3. The van der Waals surface area contributed by atoms with Gasteiger partial charge in [0, 0.05) is 23.8 Å². The molecule has 0 radical (unpaired) electrons. The van der Waals surface area contributed by atoms with Gasteiger partial charge in [-0.05, 0) is 19.3 Å². The predicted octanol–water partition coefficient (Wildman–Crippen LogP) is 2.00. The van der Waals surface area contributed by atoms with Crippen molar-refractivity contribution >= 4 is 15.9 Å². The van der Waals surface area contributed by atoms with Gasteiger partial charge < -0.3 is 5.73 Å². The summed E-state index contributed by atoms with van der Waals surface area (Å²) >= 11 is 3.40. The Morgan fingerprint density at radius 3 is 2.69 bits per heavy atom. The van der Waals surface area contributed by atoms with E-state index in [9.17, 15) is 0 Å². The highest BCUT2D eigenvalue weighted by Gasteiger charge is 2.10. The van der Waals surface area contributed by atoms with Crippen LogP contribution in [0.3, 0.4) is 0 Å². The van der Waals surface area contributed by atoms with Crippen molar-refractivity contribution in [2.45, 2.75) is 19.4 Å². The van der Waals surface area contributed by atoms with Gasteiger partial charge in [0.05, 0.1) is 6.20 Å². The number of nitrogens with zero attached hydrogens (tertiary/aromatic N) is 3. The minimum atomic E-state index is 0.271. The van der Waals surface area contributed by atoms with Crippen LogP contribution in [0.1, 0.15) is 13.3 Å². The molecule has 0 bridgehead atoms. The van der Waals surface area contributed by atoms with Crippen molar-refractivity contribution < 1.29 is 0 Å². The highest BCUT2D eigenvalue weighted by molar-refractivity contribution is 9.11. The van der Waals surface area contributed by atoms with Crippen molar-refractivity contribution in [2.24, 2.45) is 18.7 Å². The normalized spacial score (nSPS) is 20.8. The first kappa shape index (κ1) is 13.1. The van der Waals surface area contributed by atoms with Crippen LogP contribution in [0.2, 0.25) is 0 Å². The van der Waals surface area contributed by atoms with Gasteiger partial charge in [-0.3, -0.25) is 4.68 Å². The number of halogens is 1. The average molecular weight is 285 g/mol. The van der Waals surface area contributed by atoms with E-state index >= 15 is 0 Å². The van der Waals surface area contributed by atoms with E-state index in [1.807, 2.05) is 14.0 Å². The Hall–Kier alpha value is -0.940. The Balaban J connectivity index is 0.000000181. The van der Waals surface area contributed by atoms with Gasteiger partial charge in [-0.25, -0.2) is 0 Å². The van der Waals surface area contributed by atoms with Gasteiger partial charge in [-0.1, -0.05) is 39.4 Å². The van der Waals surface area contributed by atoms with E-state index in [1.54, 1.807) is 17.1 Å². The Bertz CT molecular complexity index is 354. The van der Waals surface area contributed by atoms with Crippen LogP contribution in [-0.2, 0) is 7.05 Å². The molecule has 0 amide bonds. The van der Waals surface area contributed by atoms with Crippen LogP contribution in [0.5, 0.6) is 0 Å². The fourth-order valence-corrected chi connectivity index (χ4v) is 1.61. The van der Waals surface area contributed by atoms with Gasteiger partial charge in [-0.15, -0.1) is 5.10 Å². The topological polar surface area (TPSA) is 56.7 Å². The fraction of sp³-hybridized carbons (Fsp3) is 0.455. The van der Waals surface area contributed by atoms with E-state index in [1.165, 1.54) is 4.48 Å². The lowest BCUT2D eigenvalue weighted by Crippen LogP contribution is -2.25. The molecule has 0 aromatic carbocycles. The van der Waals surface area contributed by atoms with E-state index in [0.29, 0.717) is 5.92 Å². The molecule has 1 aliphatic carbocycles. The molecular formula is C11H17BrN4. The zero-order chi connectivity index (χ0) is 12.0. The number of rotatable bonds is 1.